The highest BCUT2D eigenvalue weighted by atomic mass is 19.3. The van der Waals surface area contributed by atoms with Gasteiger partial charge in [-0.1, -0.05) is 42.5 Å². The second-order valence-electron chi connectivity index (χ2n) is 4.58. The van der Waals surface area contributed by atoms with E-state index in [4.69, 9.17) is 0 Å². The standard InChI is InChI=1S/C15H17F2N/c1-10(18-11(2)15(16)17)13-9-5-7-12-6-3-4-8-14(12)13/h3-11,15,18H,1-2H3. The average molecular weight is 249 g/mol. The van der Waals surface area contributed by atoms with Crippen molar-refractivity contribution in [3.05, 3.63) is 48.0 Å². The predicted molar refractivity (Wildman–Crippen MR) is 71.0 cm³/mol. The quantitative estimate of drug-likeness (QED) is 0.858. The smallest absolute Gasteiger partial charge is 0.253 e. The van der Waals surface area contributed by atoms with E-state index in [0.717, 1.165) is 16.3 Å². The van der Waals surface area contributed by atoms with Crippen molar-refractivity contribution in [2.45, 2.75) is 32.4 Å². The largest absolute Gasteiger partial charge is 0.302 e. The number of nitrogens with one attached hydrogen (secondary N) is 1. The third-order valence-electron chi connectivity index (χ3n) is 3.18. The van der Waals surface area contributed by atoms with Crippen molar-refractivity contribution in [2.75, 3.05) is 0 Å². The fourth-order valence-corrected chi connectivity index (χ4v) is 2.18. The third kappa shape index (κ3) is 2.67. The Morgan fingerprint density at radius 2 is 1.61 bits per heavy atom. The monoisotopic (exact) mass is 249 g/mol. The number of halogens is 2. The van der Waals surface area contributed by atoms with Crippen LogP contribution in [0.5, 0.6) is 0 Å². The fourth-order valence-electron chi connectivity index (χ4n) is 2.18. The Morgan fingerprint density at radius 3 is 2.33 bits per heavy atom. The van der Waals surface area contributed by atoms with Gasteiger partial charge in [0.15, 0.2) is 0 Å². The van der Waals surface area contributed by atoms with Crippen LogP contribution in [0.3, 0.4) is 0 Å². The van der Waals surface area contributed by atoms with Crippen molar-refractivity contribution in [1.29, 1.82) is 0 Å². The van der Waals surface area contributed by atoms with Gasteiger partial charge in [-0.2, -0.15) is 0 Å². The van der Waals surface area contributed by atoms with Gasteiger partial charge in [-0.25, -0.2) is 8.78 Å². The number of hydrogen-bond acceptors (Lipinski definition) is 1. The highest BCUT2D eigenvalue weighted by molar-refractivity contribution is 5.86. The minimum Gasteiger partial charge on any atom is -0.302 e. The van der Waals surface area contributed by atoms with Crippen molar-refractivity contribution >= 4 is 10.8 Å². The summed E-state index contributed by atoms with van der Waals surface area (Å²) < 4.78 is 25.1. The first-order valence-corrected chi connectivity index (χ1v) is 6.11. The van der Waals surface area contributed by atoms with Crippen molar-refractivity contribution in [3.63, 3.8) is 0 Å². The fraction of sp³-hybridized carbons (Fsp3) is 0.333. The minimum absolute atomic E-state index is 0.0971. The van der Waals surface area contributed by atoms with Crippen LogP contribution in [-0.2, 0) is 0 Å². The minimum atomic E-state index is -2.34. The summed E-state index contributed by atoms with van der Waals surface area (Å²) in [6.07, 6.45) is -2.34. The van der Waals surface area contributed by atoms with E-state index in [0.29, 0.717) is 0 Å². The molecule has 0 heterocycles. The van der Waals surface area contributed by atoms with Crippen LogP contribution in [0.15, 0.2) is 42.5 Å². The molecule has 3 heteroatoms. The van der Waals surface area contributed by atoms with Crippen LogP contribution < -0.4 is 5.32 Å². The van der Waals surface area contributed by atoms with Crippen molar-refractivity contribution in [3.8, 4) is 0 Å². The first-order valence-electron chi connectivity index (χ1n) is 6.11. The third-order valence-corrected chi connectivity index (χ3v) is 3.18. The van der Waals surface area contributed by atoms with Crippen LogP contribution in [0.25, 0.3) is 10.8 Å². The maximum absolute atomic E-state index is 12.6. The molecule has 2 rings (SSSR count). The molecule has 0 radical (unpaired) electrons. The summed E-state index contributed by atoms with van der Waals surface area (Å²) in [7, 11) is 0. The van der Waals surface area contributed by atoms with E-state index in [9.17, 15) is 8.78 Å². The Balaban J connectivity index is 2.30. The summed E-state index contributed by atoms with van der Waals surface area (Å²) >= 11 is 0. The van der Waals surface area contributed by atoms with E-state index >= 15 is 0 Å². The first kappa shape index (κ1) is 13.0. The van der Waals surface area contributed by atoms with E-state index < -0.39 is 12.5 Å². The molecule has 1 N–H and O–H groups in total. The SMILES string of the molecule is CC(NC(C)C(F)F)c1cccc2ccccc12. The zero-order valence-corrected chi connectivity index (χ0v) is 10.5. The Bertz CT molecular complexity index is 519. The second kappa shape index (κ2) is 5.44. The number of hydrogen-bond donors (Lipinski definition) is 1. The maximum Gasteiger partial charge on any atom is 0.253 e. The summed E-state index contributed by atoms with van der Waals surface area (Å²) in [5.41, 5.74) is 1.06. The zero-order valence-electron chi connectivity index (χ0n) is 10.5. The Kier molecular flexibility index (Phi) is 3.92. The van der Waals surface area contributed by atoms with Gasteiger partial charge in [-0.3, -0.25) is 0 Å². The lowest BCUT2D eigenvalue weighted by Gasteiger charge is -2.21. The van der Waals surface area contributed by atoms with Crippen molar-refractivity contribution in [1.82, 2.24) is 5.32 Å². The van der Waals surface area contributed by atoms with Gasteiger partial charge in [-0.05, 0) is 30.2 Å². The molecule has 18 heavy (non-hydrogen) atoms. The van der Waals surface area contributed by atoms with Crippen LogP contribution in [0.4, 0.5) is 8.78 Å². The van der Waals surface area contributed by atoms with Crippen LogP contribution >= 0.6 is 0 Å². The lowest BCUT2D eigenvalue weighted by Crippen LogP contribution is -2.34. The van der Waals surface area contributed by atoms with Gasteiger partial charge < -0.3 is 5.32 Å². The van der Waals surface area contributed by atoms with Gasteiger partial charge in [0.2, 0.25) is 0 Å². The van der Waals surface area contributed by atoms with Crippen LogP contribution in [-0.4, -0.2) is 12.5 Å². The van der Waals surface area contributed by atoms with Gasteiger partial charge in [0.1, 0.15) is 0 Å². The van der Waals surface area contributed by atoms with Gasteiger partial charge in [0.05, 0.1) is 6.04 Å². The summed E-state index contributed by atoms with van der Waals surface area (Å²) in [6, 6.07) is 13.1. The molecule has 0 amide bonds. The van der Waals surface area contributed by atoms with E-state index in [-0.39, 0.29) is 6.04 Å². The number of fused-ring (bicyclic) bond motifs is 1. The molecular weight excluding hydrogens is 232 g/mol. The Morgan fingerprint density at radius 1 is 0.944 bits per heavy atom. The van der Waals surface area contributed by atoms with E-state index in [2.05, 4.69) is 5.32 Å². The van der Waals surface area contributed by atoms with Crippen LogP contribution in [0.2, 0.25) is 0 Å². The lowest BCUT2D eigenvalue weighted by atomic mass is 9.99. The van der Waals surface area contributed by atoms with Gasteiger partial charge >= 0.3 is 0 Å². The summed E-state index contributed by atoms with van der Waals surface area (Å²) in [5.74, 6) is 0. The molecule has 0 fully saturated rings. The molecule has 0 aromatic heterocycles. The molecule has 1 nitrogen and oxygen atoms in total. The molecule has 2 aromatic carbocycles. The molecular formula is C15H17F2N. The predicted octanol–water partition coefficient (Wildman–Crippen LogP) is 4.14. The number of rotatable bonds is 4. The Hall–Kier alpha value is -1.48. The second-order valence-corrected chi connectivity index (χ2v) is 4.58. The van der Waals surface area contributed by atoms with Gasteiger partial charge in [0.25, 0.3) is 6.43 Å². The van der Waals surface area contributed by atoms with E-state index in [1.54, 1.807) is 0 Å². The molecule has 0 bridgehead atoms. The molecule has 2 unspecified atom stereocenters. The summed E-state index contributed by atoms with van der Waals surface area (Å²) in [4.78, 5) is 0. The number of benzene rings is 2. The zero-order chi connectivity index (χ0) is 13.1. The first-order chi connectivity index (χ1) is 8.59. The molecule has 0 aliphatic heterocycles. The molecule has 2 aromatic rings. The molecule has 0 aliphatic rings. The van der Waals surface area contributed by atoms with Crippen molar-refractivity contribution in [2.24, 2.45) is 0 Å². The average Bonchev–Trinajstić information content (AvgIpc) is 2.37. The Labute approximate surface area is 106 Å². The molecule has 96 valence electrons. The maximum atomic E-state index is 12.6. The van der Waals surface area contributed by atoms with Crippen LogP contribution in [0, 0.1) is 0 Å². The summed E-state index contributed by atoms with van der Waals surface area (Å²) in [5, 5.41) is 5.18. The van der Waals surface area contributed by atoms with E-state index in [1.165, 1.54) is 6.92 Å². The highest BCUT2D eigenvalue weighted by Crippen LogP contribution is 2.24. The van der Waals surface area contributed by atoms with Gasteiger partial charge in [-0.15, -0.1) is 0 Å². The van der Waals surface area contributed by atoms with Crippen molar-refractivity contribution < 1.29 is 8.78 Å². The topological polar surface area (TPSA) is 12.0 Å². The van der Waals surface area contributed by atoms with E-state index in [1.807, 2.05) is 49.4 Å². The summed E-state index contributed by atoms with van der Waals surface area (Å²) in [6.45, 7) is 3.42. The molecule has 0 spiro atoms. The molecule has 2 atom stereocenters. The highest BCUT2D eigenvalue weighted by Gasteiger charge is 2.18. The van der Waals surface area contributed by atoms with Gasteiger partial charge in [0, 0.05) is 6.04 Å². The lowest BCUT2D eigenvalue weighted by molar-refractivity contribution is 0.101. The molecule has 0 saturated heterocycles. The molecule has 0 aliphatic carbocycles. The number of alkyl halides is 2. The molecule has 0 saturated carbocycles. The van der Waals surface area contributed by atoms with Crippen LogP contribution in [0.1, 0.15) is 25.5 Å². The normalized spacial score (nSPS) is 14.9.